The van der Waals surface area contributed by atoms with Crippen LogP contribution in [0.3, 0.4) is 0 Å². The van der Waals surface area contributed by atoms with Crippen molar-refractivity contribution in [1.29, 1.82) is 0 Å². The largest absolute Gasteiger partial charge is 0.342 e. The fourth-order valence-corrected chi connectivity index (χ4v) is 1.50. The van der Waals surface area contributed by atoms with Gasteiger partial charge in [-0.15, -0.1) is 0 Å². The van der Waals surface area contributed by atoms with Crippen LogP contribution in [0.25, 0.3) is 0 Å². The molecule has 0 aromatic rings. The molecule has 0 aromatic carbocycles. The first-order valence-electron chi connectivity index (χ1n) is 2.39. The zero-order valence-electron chi connectivity index (χ0n) is 4.88. The monoisotopic (exact) mass is 162 g/mol. The number of nitrogens with zero attached hydrogens (tertiary/aromatic N) is 1. The lowest BCUT2D eigenvalue weighted by Crippen LogP contribution is -2.15. The van der Waals surface area contributed by atoms with Crippen molar-refractivity contribution in [3.63, 3.8) is 0 Å². The van der Waals surface area contributed by atoms with Crippen LogP contribution in [-0.2, 0) is 0 Å². The Morgan fingerprint density at radius 1 is 1.78 bits per heavy atom. The second kappa shape index (κ2) is 3.12. The number of rotatable bonds is 0. The molecule has 1 aliphatic heterocycles. The molecular weight excluding hydrogens is 156 g/mol. The highest BCUT2D eigenvalue weighted by Crippen LogP contribution is 2.32. The summed E-state index contributed by atoms with van der Waals surface area (Å²) in [4.78, 5) is 14.2. The number of thioether (sulfide) groups is 2. The summed E-state index contributed by atoms with van der Waals surface area (Å²) < 4.78 is 0.870. The van der Waals surface area contributed by atoms with Crippen molar-refractivity contribution in [3.05, 3.63) is 0 Å². The van der Waals surface area contributed by atoms with Crippen LogP contribution in [0, 0.1) is 0 Å². The number of carbonyl (C=O) groups is 1. The van der Waals surface area contributed by atoms with E-state index in [1.807, 2.05) is 0 Å². The minimum absolute atomic E-state index is 0.260. The molecule has 1 rings (SSSR count). The summed E-state index contributed by atoms with van der Waals surface area (Å²) in [6.07, 6.45) is 0. The Hall–Kier alpha value is -0.160. The number of amides is 2. The van der Waals surface area contributed by atoms with Crippen LogP contribution in [-0.4, -0.2) is 22.5 Å². The van der Waals surface area contributed by atoms with Crippen molar-refractivity contribution in [1.82, 2.24) is 5.32 Å². The van der Waals surface area contributed by atoms with E-state index in [2.05, 4.69) is 10.3 Å². The highest BCUT2D eigenvalue weighted by molar-refractivity contribution is 8.52. The van der Waals surface area contributed by atoms with E-state index in [1.165, 1.54) is 0 Å². The fourth-order valence-electron chi connectivity index (χ4n) is 0.315. The maximum Gasteiger partial charge on any atom is 0.342 e. The lowest BCUT2D eigenvalue weighted by molar-refractivity contribution is 0.251. The predicted octanol–water partition coefficient (Wildman–Crippen LogP) is 1.12. The molecule has 1 fully saturated rings. The average molecular weight is 162 g/mol. The van der Waals surface area contributed by atoms with Gasteiger partial charge >= 0.3 is 6.03 Å². The van der Waals surface area contributed by atoms with Gasteiger partial charge in [0, 0.05) is 7.05 Å². The zero-order valence-corrected chi connectivity index (χ0v) is 6.51. The third-order valence-corrected chi connectivity index (χ3v) is 3.10. The molecule has 0 spiro atoms. The highest BCUT2D eigenvalue weighted by atomic mass is 32.3. The lowest BCUT2D eigenvalue weighted by atomic mass is 11.0. The van der Waals surface area contributed by atoms with Gasteiger partial charge in [0.25, 0.3) is 0 Å². The van der Waals surface area contributed by atoms with Gasteiger partial charge in [0.2, 0.25) is 0 Å². The Morgan fingerprint density at radius 2 is 2.44 bits per heavy atom. The number of nitrogens with one attached hydrogen (secondary N) is 1. The number of hydrogen-bond acceptors (Lipinski definition) is 3. The second-order valence-corrected chi connectivity index (χ2v) is 3.89. The highest BCUT2D eigenvalue weighted by Gasteiger charge is 2.12. The Balaban J connectivity index is 2.37. The van der Waals surface area contributed by atoms with Crippen LogP contribution in [0.1, 0.15) is 0 Å². The Labute approximate surface area is 61.7 Å². The molecule has 5 heteroatoms. The predicted molar refractivity (Wildman–Crippen MR) is 41.9 cm³/mol. The van der Waals surface area contributed by atoms with E-state index in [4.69, 9.17) is 0 Å². The molecule has 0 aliphatic carbocycles. The molecule has 0 unspecified atom stereocenters. The third-order valence-electron chi connectivity index (χ3n) is 0.771. The van der Waals surface area contributed by atoms with Gasteiger partial charge in [0.1, 0.15) is 4.38 Å². The van der Waals surface area contributed by atoms with E-state index < -0.39 is 0 Å². The molecule has 0 atom stereocenters. The molecular formula is C4H6N2OS2. The van der Waals surface area contributed by atoms with Crippen molar-refractivity contribution >= 4 is 33.9 Å². The molecule has 0 radical (unpaired) electrons. The van der Waals surface area contributed by atoms with Gasteiger partial charge in [-0.3, -0.25) is 0 Å². The van der Waals surface area contributed by atoms with Crippen LogP contribution in [0.2, 0.25) is 0 Å². The third kappa shape index (κ3) is 1.91. The summed E-state index contributed by atoms with van der Waals surface area (Å²) in [5, 5.41) is 3.43. The SMILES string of the molecule is CNC(=O)N=C1SCS1. The van der Waals surface area contributed by atoms with Gasteiger partial charge in [-0.2, -0.15) is 4.99 Å². The first-order chi connectivity index (χ1) is 4.33. The van der Waals surface area contributed by atoms with Crippen LogP contribution < -0.4 is 5.32 Å². The van der Waals surface area contributed by atoms with E-state index in [0.29, 0.717) is 0 Å². The van der Waals surface area contributed by atoms with Gasteiger partial charge in [0.15, 0.2) is 0 Å². The Morgan fingerprint density at radius 3 is 2.78 bits per heavy atom. The lowest BCUT2D eigenvalue weighted by Gasteiger charge is -2.10. The van der Waals surface area contributed by atoms with Gasteiger partial charge in [-0.25, -0.2) is 4.79 Å². The molecule has 0 bridgehead atoms. The molecule has 1 N–H and O–H groups in total. The maximum atomic E-state index is 10.5. The standard InChI is InChI=1S/C4H6N2OS2/c1-5-3(7)6-4-8-2-9-4/h2H2,1H3,(H,5,7). The topological polar surface area (TPSA) is 41.5 Å². The van der Waals surface area contributed by atoms with Crippen molar-refractivity contribution in [2.75, 3.05) is 12.1 Å². The van der Waals surface area contributed by atoms with Crippen LogP contribution in [0.4, 0.5) is 4.79 Å². The van der Waals surface area contributed by atoms with Crippen LogP contribution in [0.5, 0.6) is 0 Å². The second-order valence-electron chi connectivity index (χ2n) is 1.34. The van der Waals surface area contributed by atoms with E-state index in [-0.39, 0.29) is 6.03 Å². The van der Waals surface area contributed by atoms with Gasteiger partial charge in [-0.05, 0) is 0 Å². The molecule has 50 valence electrons. The zero-order chi connectivity index (χ0) is 6.69. The van der Waals surface area contributed by atoms with Crippen LogP contribution in [0.15, 0.2) is 4.99 Å². The first kappa shape index (κ1) is 6.95. The first-order valence-corrected chi connectivity index (χ1v) is 4.36. The number of urea groups is 1. The summed E-state index contributed by atoms with van der Waals surface area (Å²) in [7, 11) is 1.57. The number of hydrogen-bond donors (Lipinski definition) is 1. The minimum Gasteiger partial charge on any atom is -0.339 e. The van der Waals surface area contributed by atoms with Crippen molar-refractivity contribution < 1.29 is 4.79 Å². The summed E-state index contributed by atoms with van der Waals surface area (Å²) in [6, 6.07) is -0.260. The quantitative estimate of drug-likeness (QED) is 0.580. The van der Waals surface area contributed by atoms with E-state index in [1.54, 1.807) is 30.6 Å². The van der Waals surface area contributed by atoms with E-state index >= 15 is 0 Å². The van der Waals surface area contributed by atoms with Crippen molar-refractivity contribution in [3.8, 4) is 0 Å². The molecule has 1 aliphatic rings. The van der Waals surface area contributed by atoms with Crippen LogP contribution >= 0.6 is 23.5 Å². The molecule has 2 amide bonds. The summed E-state index contributed by atoms with van der Waals surface area (Å²) >= 11 is 3.20. The summed E-state index contributed by atoms with van der Waals surface area (Å²) in [5.74, 6) is 0. The molecule has 0 aromatic heterocycles. The summed E-state index contributed by atoms with van der Waals surface area (Å²) in [5.41, 5.74) is 0. The smallest absolute Gasteiger partial charge is 0.339 e. The fraction of sp³-hybridized carbons (Fsp3) is 0.500. The van der Waals surface area contributed by atoms with Crippen molar-refractivity contribution in [2.45, 2.75) is 0 Å². The number of aliphatic imine (C=N–C) groups is 1. The maximum absolute atomic E-state index is 10.5. The molecule has 1 heterocycles. The molecule has 1 saturated heterocycles. The van der Waals surface area contributed by atoms with Crippen molar-refractivity contribution in [2.24, 2.45) is 4.99 Å². The molecule has 0 saturated carbocycles. The molecule has 3 nitrogen and oxygen atoms in total. The summed E-state index contributed by atoms with van der Waals surface area (Å²) in [6.45, 7) is 0. The minimum atomic E-state index is -0.260. The van der Waals surface area contributed by atoms with Gasteiger partial charge < -0.3 is 5.32 Å². The van der Waals surface area contributed by atoms with Gasteiger partial charge in [0.05, 0.1) is 5.08 Å². The molecule has 9 heavy (non-hydrogen) atoms. The Kier molecular flexibility index (Phi) is 2.41. The Bertz CT molecular complexity index is 151. The average Bonchev–Trinajstić information content (AvgIpc) is 1.78. The van der Waals surface area contributed by atoms with E-state index in [9.17, 15) is 4.79 Å². The van der Waals surface area contributed by atoms with Gasteiger partial charge in [-0.1, -0.05) is 23.5 Å². The van der Waals surface area contributed by atoms with E-state index in [0.717, 1.165) is 9.46 Å². The normalized spacial score (nSPS) is 16.3. The number of carbonyl (C=O) groups excluding carboxylic acids is 1.